The number of hydrogen-bond donors (Lipinski definition) is 2. The number of nitrogens with zero attached hydrogens (tertiary/aromatic N) is 4. The number of aromatic nitrogens is 4. The molecule has 3 aromatic rings. The van der Waals surface area contributed by atoms with Crippen LogP contribution in [0.15, 0.2) is 36.4 Å². The first-order valence-electron chi connectivity index (χ1n) is 8.07. The summed E-state index contributed by atoms with van der Waals surface area (Å²) in [5.41, 5.74) is 0.572. The highest BCUT2D eigenvalue weighted by Crippen LogP contribution is 2.32. The Morgan fingerprint density at radius 3 is 2.67 bits per heavy atom. The number of benzene rings is 1. The molecule has 2 heterocycles. The zero-order valence-corrected chi connectivity index (χ0v) is 13.1. The molecule has 0 amide bonds. The quantitative estimate of drug-likeness (QED) is 0.770. The molecule has 124 valence electrons. The van der Waals surface area contributed by atoms with E-state index >= 15 is 0 Å². The Hall–Kier alpha value is -2.54. The molecule has 1 aliphatic rings. The monoisotopic (exact) mass is 327 g/mol. The van der Waals surface area contributed by atoms with Crippen LogP contribution in [0, 0.1) is 5.82 Å². The van der Waals surface area contributed by atoms with Gasteiger partial charge in [-0.25, -0.2) is 4.39 Å². The van der Waals surface area contributed by atoms with Crippen molar-refractivity contribution in [2.45, 2.75) is 31.2 Å². The second kappa shape index (κ2) is 5.83. The summed E-state index contributed by atoms with van der Waals surface area (Å²) in [6.45, 7) is 0.0645. The lowest BCUT2D eigenvalue weighted by Crippen LogP contribution is -2.39. The lowest BCUT2D eigenvalue weighted by atomic mass is 9.99. The highest BCUT2D eigenvalue weighted by atomic mass is 19.1. The molecule has 1 fully saturated rings. The van der Waals surface area contributed by atoms with E-state index in [1.807, 2.05) is 6.07 Å². The molecule has 24 heavy (non-hydrogen) atoms. The van der Waals surface area contributed by atoms with E-state index < -0.39 is 0 Å². The SMILES string of the molecule is OCC1(Nc2ccc3nnc(-c4ccccc4F)n3n2)CCCC1. The minimum atomic E-state index is -0.366. The van der Waals surface area contributed by atoms with Gasteiger partial charge in [0.2, 0.25) is 0 Å². The molecule has 1 aliphatic carbocycles. The molecule has 6 nitrogen and oxygen atoms in total. The van der Waals surface area contributed by atoms with E-state index in [1.165, 1.54) is 10.6 Å². The van der Waals surface area contributed by atoms with Crippen LogP contribution in [-0.4, -0.2) is 37.1 Å². The number of rotatable bonds is 4. The van der Waals surface area contributed by atoms with Crippen molar-refractivity contribution in [1.82, 2.24) is 19.8 Å². The first-order valence-corrected chi connectivity index (χ1v) is 8.07. The van der Waals surface area contributed by atoms with E-state index in [-0.39, 0.29) is 18.0 Å². The number of aliphatic hydroxyl groups excluding tert-OH is 1. The van der Waals surface area contributed by atoms with Crippen molar-refractivity contribution in [1.29, 1.82) is 0 Å². The van der Waals surface area contributed by atoms with E-state index in [0.29, 0.717) is 22.9 Å². The molecule has 7 heteroatoms. The molecule has 0 radical (unpaired) electrons. The molecule has 0 atom stereocenters. The Bertz CT molecular complexity index is 872. The van der Waals surface area contributed by atoms with Gasteiger partial charge >= 0.3 is 0 Å². The van der Waals surface area contributed by atoms with Crippen LogP contribution in [0.1, 0.15) is 25.7 Å². The molecular weight excluding hydrogens is 309 g/mol. The van der Waals surface area contributed by atoms with E-state index in [2.05, 4.69) is 20.6 Å². The smallest absolute Gasteiger partial charge is 0.188 e. The van der Waals surface area contributed by atoms with Gasteiger partial charge in [-0.05, 0) is 37.1 Å². The average molecular weight is 327 g/mol. The highest BCUT2D eigenvalue weighted by Gasteiger charge is 2.33. The molecular formula is C17H18FN5O. The van der Waals surface area contributed by atoms with Crippen LogP contribution in [-0.2, 0) is 0 Å². The molecule has 1 saturated carbocycles. The predicted octanol–water partition coefficient (Wildman–Crippen LogP) is 2.65. The van der Waals surface area contributed by atoms with Gasteiger partial charge in [0.25, 0.3) is 0 Å². The Kier molecular flexibility index (Phi) is 3.65. The van der Waals surface area contributed by atoms with Gasteiger partial charge in [-0.1, -0.05) is 25.0 Å². The molecule has 0 spiro atoms. The molecule has 2 N–H and O–H groups in total. The molecule has 4 rings (SSSR count). The van der Waals surface area contributed by atoms with Gasteiger partial charge in [0, 0.05) is 0 Å². The zero-order chi connectivity index (χ0) is 16.6. The third-order valence-corrected chi connectivity index (χ3v) is 4.63. The van der Waals surface area contributed by atoms with E-state index in [9.17, 15) is 9.50 Å². The number of hydrogen-bond acceptors (Lipinski definition) is 5. The van der Waals surface area contributed by atoms with Crippen molar-refractivity contribution in [3.63, 3.8) is 0 Å². The van der Waals surface area contributed by atoms with Gasteiger partial charge in [0.15, 0.2) is 11.5 Å². The molecule has 0 saturated heterocycles. The van der Waals surface area contributed by atoms with Crippen molar-refractivity contribution < 1.29 is 9.50 Å². The van der Waals surface area contributed by atoms with E-state index in [0.717, 1.165) is 25.7 Å². The normalized spacial score (nSPS) is 16.6. The Morgan fingerprint density at radius 2 is 1.92 bits per heavy atom. The minimum absolute atomic E-state index is 0.0645. The zero-order valence-electron chi connectivity index (χ0n) is 13.1. The highest BCUT2D eigenvalue weighted by molar-refractivity contribution is 5.60. The van der Waals surface area contributed by atoms with Gasteiger partial charge in [-0.2, -0.15) is 4.52 Å². The fourth-order valence-electron chi connectivity index (χ4n) is 3.31. The van der Waals surface area contributed by atoms with Crippen LogP contribution < -0.4 is 5.32 Å². The summed E-state index contributed by atoms with van der Waals surface area (Å²) in [4.78, 5) is 0. The van der Waals surface area contributed by atoms with Crippen molar-refractivity contribution in [3.05, 3.63) is 42.2 Å². The van der Waals surface area contributed by atoms with Crippen molar-refractivity contribution >= 4 is 11.5 Å². The number of aliphatic hydroxyl groups is 1. The van der Waals surface area contributed by atoms with Gasteiger partial charge < -0.3 is 10.4 Å². The summed E-state index contributed by atoms with van der Waals surface area (Å²) in [6.07, 6.45) is 3.99. The second-order valence-corrected chi connectivity index (χ2v) is 6.26. The maximum Gasteiger partial charge on any atom is 0.188 e. The van der Waals surface area contributed by atoms with Crippen molar-refractivity contribution in [2.24, 2.45) is 0 Å². The number of nitrogens with one attached hydrogen (secondary N) is 1. The Labute approximate surface area is 138 Å². The summed E-state index contributed by atoms with van der Waals surface area (Å²) in [7, 11) is 0. The van der Waals surface area contributed by atoms with Crippen LogP contribution in [0.2, 0.25) is 0 Å². The van der Waals surface area contributed by atoms with E-state index in [4.69, 9.17) is 0 Å². The molecule has 2 aromatic heterocycles. The minimum Gasteiger partial charge on any atom is -0.394 e. The topological polar surface area (TPSA) is 75.3 Å². The first-order chi connectivity index (χ1) is 11.7. The largest absolute Gasteiger partial charge is 0.394 e. The number of halogens is 1. The van der Waals surface area contributed by atoms with Gasteiger partial charge in [-0.3, -0.25) is 0 Å². The standard InChI is InChI=1S/C17H18FN5O/c18-13-6-2-1-5-12(13)16-21-20-15-8-7-14(22-23(15)16)19-17(11-24)9-3-4-10-17/h1-2,5-8,24H,3-4,9-11H2,(H,19,22). The first kappa shape index (κ1) is 15.0. The summed E-state index contributed by atoms with van der Waals surface area (Å²) in [6, 6.07) is 10.0. The predicted molar refractivity (Wildman–Crippen MR) is 88.1 cm³/mol. The van der Waals surface area contributed by atoms with Crippen molar-refractivity contribution in [3.8, 4) is 11.4 Å². The summed E-state index contributed by atoms with van der Waals surface area (Å²) in [5.74, 6) is 0.613. The lowest BCUT2D eigenvalue weighted by Gasteiger charge is -2.28. The lowest BCUT2D eigenvalue weighted by molar-refractivity contribution is 0.213. The summed E-state index contributed by atoms with van der Waals surface area (Å²) < 4.78 is 15.6. The third kappa shape index (κ3) is 2.50. The summed E-state index contributed by atoms with van der Waals surface area (Å²) >= 11 is 0. The van der Waals surface area contributed by atoms with Gasteiger partial charge in [0.1, 0.15) is 11.6 Å². The maximum absolute atomic E-state index is 14.1. The van der Waals surface area contributed by atoms with Crippen LogP contribution in [0.3, 0.4) is 0 Å². The second-order valence-electron chi connectivity index (χ2n) is 6.26. The molecule has 0 bridgehead atoms. The van der Waals surface area contributed by atoms with Gasteiger partial charge in [0.05, 0.1) is 17.7 Å². The summed E-state index contributed by atoms with van der Waals surface area (Å²) in [5, 5.41) is 25.7. The van der Waals surface area contributed by atoms with Crippen molar-refractivity contribution in [2.75, 3.05) is 11.9 Å². The molecule has 1 aromatic carbocycles. The molecule has 0 unspecified atom stereocenters. The maximum atomic E-state index is 14.1. The fourth-order valence-corrected chi connectivity index (χ4v) is 3.31. The average Bonchev–Trinajstić information content (AvgIpc) is 3.23. The Balaban J connectivity index is 1.75. The van der Waals surface area contributed by atoms with Crippen LogP contribution in [0.5, 0.6) is 0 Å². The van der Waals surface area contributed by atoms with Crippen LogP contribution >= 0.6 is 0 Å². The fraction of sp³-hybridized carbons (Fsp3) is 0.353. The van der Waals surface area contributed by atoms with Crippen LogP contribution in [0.25, 0.3) is 17.0 Å². The van der Waals surface area contributed by atoms with Crippen LogP contribution in [0.4, 0.5) is 10.2 Å². The Morgan fingerprint density at radius 1 is 1.12 bits per heavy atom. The molecule has 0 aliphatic heterocycles. The number of fused-ring (bicyclic) bond motifs is 1. The third-order valence-electron chi connectivity index (χ3n) is 4.63. The van der Waals surface area contributed by atoms with E-state index in [1.54, 1.807) is 24.3 Å². The number of anilines is 1. The van der Waals surface area contributed by atoms with Gasteiger partial charge in [-0.15, -0.1) is 15.3 Å².